The first-order valence-electron chi connectivity index (χ1n) is 10.3. The van der Waals surface area contributed by atoms with Gasteiger partial charge in [0.1, 0.15) is 23.8 Å². The van der Waals surface area contributed by atoms with Crippen molar-refractivity contribution < 1.29 is 19.0 Å². The van der Waals surface area contributed by atoms with Gasteiger partial charge in [-0.2, -0.15) is 0 Å². The largest absolute Gasteiger partial charge is 0.496 e. The number of carbonyl (C=O) groups is 1. The number of halogens is 3. The van der Waals surface area contributed by atoms with Crippen LogP contribution in [0.1, 0.15) is 24.0 Å². The molecular weight excluding hydrogens is 640 g/mol. The molecule has 1 N–H and O–H groups in total. The number of methoxy groups -OCH3 is 1. The van der Waals surface area contributed by atoms with Crippen molar-refractivity contribution >= 4 is 77.1 Å². The van der Waals surface area contributed by atoms with E-state index in [-0.39, 0.29) is 18.6 Å². The minimum absolute atomic E-state index is 0.0371. The standard InChI is InChI=1S/C23H21Br3N2O4S/c1-30-20-5-4-13(7-14(20)12-32-21-17(25)9-15(24)10-18(21)26)8-19-22(29)28(23(33)27-19)11-16-3-2-6-31-16/h4-5,7-10,16H,2-3,6,11-12H2,1H3,(H,27,33)/b19-8+. The lowest BCUT2D eigenvalue weighted by Crippen LogP contribution is -2.37. The lowest BCUT2D eigenvalue weighted by molar-refractivity contribution is -0.123. The van der Waals surface area contributed by atoms with Crippen LogP contribution in [0, 0.1) is 0 Å². The fourth-order valence-corrected chi connectivity index (χ4v) is 6.47. The van der Waals surface area contributed by atoms with Crippen molar-refractivity contribution in [2.45, 2.75) is 25.6 Å². The van der Waals surface area contributed by atoms with E-state index >= 15 is 0 Å². The lowest BCUT2D eigenvalue weighted by Gasteiger charge is -2.18. The molecule has 2 aliphatic heterocycles. The molecule has 1 unspecified atom stereocenters. The molecule has 33 heavy (non-hydrogen) atoms. The van der Waals surface area contributed by atoms with Crippen LogP contribution >= 0.6 is 60.0 Å². The van der Waals surface area contributed by atoms with E-state index in [1.54, 1.807) is 18.1 Å². The molecule has 6 nitrogen and oxygen atoms in total. The summed E-state index contributed by atoms with van der Waals surface area (Å²) in [6.07, 6.45) is 3.78. The molecule has 2 heterocycles. The zero-order chi connectivity index (χ0) is 23.5. The lowest BCUT2D eigenvalue weighted by atomic mass is 10.1. The molecule has 2 saturated heterocycles. The summed E-state index contributed by atoms with van der Waals surface area (Å²) in [7, 11) is 1.62. The summed E-state index contributed by atoms with van der Waals surface area (Å²) in [5.74, 6) is 1.24. The van der Waals surface area contributed by atoms with Crippen molar-refractivity contribution in [1.82, 2.24) is 10.2 Å². The predicted octanol–water partition coefficient (Wildman–Crippen LogP) is 5.80. The predicted molar refractivity (Wildman–Crippen MR) is 141 cm³/mol. The van der Waals surface area contributed by atoms with Crippen LogP contribution in [0.2, 0.25) is 0 Å². The zero-order valence-electron chi connectivity index (χ0n) is 17.7. The second kappa shape index (κ2) is 10.9. The van der Waals surface area contributed by atoms with Gasteiger partial charge < -0.3 is 19.5 Å². The van der Waals surface area contributed by atoms with Gasteiger partial charge >= 0.3 is 0 Å². The number of nitrogens with one attached hydrogen (secondary N) is 1. The third-order valence-electron chi connectivity index (χ3n) is 5.32. The highest BCUT2D eigenvalue weighted by Gasteiger charge is 2.33. The van der Waals surface area contributed by atoms with Crippen molar-refractivity contribution in [3.63, 3.8) is 0 Å². The van der Waals surface area contributed by atoms with Crippen LogP contribution in [0.3, 0.4) is 0 Å². The van der Waals surface area contributed by atoms with Gasteiger partial charge in [0.15, 0.2) is 5.11 Å². The molecule has 4 rings (SSSR count). The number of amides is 1. The summed E-state index contributed by atoms with van der Waals surface area (Å²) in [5, 5.41) is 3.44. The van der Waals surface area contributed by atoms with E-state index < -0.39 is 0 Å². The second-order valence-electron chi connectivity index (χ2n) is 7.60. The van der Waals surface area contributed by atoms with E-state index in [9.17, 15) is 4.79 Å². The van der Waals surface area contributed by atoms with Crippen LogP contribution in [-0.2, 0) is 16.1 Å². The number of hydrogen-bond donors (Lipinski definition) is 1. The number of hydrogen-bond acceptors (Lipinski definition) is 5. The van der Waals surface area contributed by atoms with Gasteiger partial charge in [0.2, 0.25) is 0 Å². The molecule has 0 aromatic heterocycles. The van der Waals surface area contributed by atoms with Crippen LogP contribution in [0.25, 0.3) is 6.08 Å². The normalized spacial score (nSPS) is 19.3. The van der Waals surface area contributed by atoms with Crippen LogP contribution < -0.4 is 14.8 Å². The van der Waals surface area contributed by atoms with E-state index in [1.165, 1.54) is 0 Å². The van der Waals surface area contributed by atoms with E-state index in [1.807, 2.05) is 30.3 Å². The highest BCUT2D eigenvalue weighted by atomic mass is 79.9. The molecule has 0 radical (unpaired) electrons. The Bertz CT molecular complexity index is 1100. The summed E-state index contributed by atoms with van der Waals surface area (Å²) in [6.45, 7) is 1.49. The molecule has 0 saturated carbocycles. The smallest absolute Gasteiger partial charge is 0.276 e. The maximum Gasteiger partial charge on any atom is 0.276 e. The average Bonchev–Trinajstić information content (AvgIpc) is 3.37. The van der Waals surface area contributed by atoms with Gasteiger partial charge in [0, 0.05) is 16.6 Å². The summed E-state index contributed by atoms with van der Waals surface area (Å²) in [4.78, 5) is 14.5. The fourth-order valence-electron chi connectivity index (χ4n) is 3.71. The minimum atomic E-state index is -0.146. The summed E-state index contributed by atoms with van der Waals surface area (Å²) < 4.78 is 19.8. The molecule has 2 fully saturated rings. The average molecular weight is 661 g/mol. The molecule has 1 atom stereocenters. The third kappa shape index (κ3) is 5.79. The maximum absolute atomic E-state index is 12.9. The van der Waals surface area contributed by atoms with E-state index in [2.05, 4.69) is 53.1 Å². The third-order valence-corrected chi connectivity index (χ3v) is 7.28. The Hall–Kier alpha value is -1.46. The summed E-state index contributed by atoms with van der Waals surface area (Å²) >= 11 is 15.9. The molecule has 0 spiro atoms. The van der Waals surface area contributed by atoms with Crippen molar-refractivity contribution in [2.75, 3.05) is 20.3 Å². The number of nitrogens with zero attached hydrogens (tertiary/aromatic N) is 1. The first kappa shape index (κ1) is 24.7. The van der Waals surface area contributed by atoms with E-state index in [0.717, 1.165) is 44.0 Å². The molecule has 2 aromatic rings. The van der Waals surface area contributed by atoms with Crippen LogP contribution in [0.4, 0.5) is 0 Å². The Morgan fingerprint density at radius 2 is 2.00 bits per heavy atom. The van der Waals surface area contributed by atoms with Crippen molar-refractivity contribution in [3.8, 4) is 11.5 Å². The monoisotopic (exact) mass is 658 g/mol. The fraction of sp³-hybridized carbons (Fsp3) is 0.304. The SMILES string of the molecule is COc1ccc(/C=C2/NC(=S)N(CC3CCCO3)C2=O)cc1COc1c(Br)cc(Br)cc1Br. The van der Waals surface area contributed by atoms with Crippen molar-refractivity contribution in [1.29, 1.82) is 0 Å². The van der Waals surface area contributed by atoms with E-state index in [4.69, 9.17) is 26.4 Å². The molecule has 0 aliphatic carbocycles. The number of carbonyl (C=O) groups excluding carboxylic acids is 1. The Balaban J connectivity index is 1.52. The van der Waals surface area contributed by atoms with Gasteiger partial charge in [-0.15, -0.1) is 0 Å². The number of rotatable bonds is 7. The van der Waals surface area contributed by atoms with Gasteiger partial charge in [-0.3, -0.25) is 9.69 Å². The van der Waals surface area contributed by atoms with Crippen LogP contribution in [0.5, 0.6) is 11.5 Å². The Kier molecular flexibility index (Phi) is 8.11. The molecule has 1 amide bonds. The van der Waals surface area contributed by atoms with Crippen molar-refractivity contribution in [2.24, 2.45) is 0 Å². The van der Waals surface area contributed by atoms with Crippen LogP contribution in [0.15, 0.2) is 49.4 Å². The first-order chi connectivity index (χ1) is 15.9. The molecule has 10 heteroatoms. The zero-order valence-corrected chi connectivity index (χ0v) is 23.3. The highest BCUT2D eigenvalue weighted by molar-refractivity contribution is 9.11. The summed E-state index contributed by atoms with van der Waals surface area (Å²) in [6, 6.07) is 9.52. The van der Waals surface area contributed by atoms with Gasteiger partial charge in [-0.05, 0) is 92.8 Å². The molecular formula is C23H21Br3N2O4S. The Labute approximate surface area is 223 Å². The first-order valence-corrected chi connectivity index (χ1v) is 13.0. The number of ether oxygens (including phenoxy) is 3. The van der Waals surface area contributed by atoms with Gasteiger partial charge in [-0.1, -0.05) is 22.0 Å². The number of benzene rings is 2. The van der Waals surface area contributed by atoms with Crippen molar-refractivity contribution in [3.05, 3.63) is 60.6 Å². The Morgan fingerprint density at radius 1 is 1.24 bits per heavy atom. The molecule has 2 aromatic carbocycles. The topological polar surface area (TPSA) is 60.0 Å². The van der Waals surface area contributed by atoms with Gasteiger partial charge in [0.25, 0.3) is 5.91 Å². The second-order valence-corrected chi connectivity index (χ2v) is 10.6. The molecule has 174 valence electrons. The van der Waals surface area contributed by atoms with Gasteiger partial charge in [0.05, 0.1) is 28.7 Å². The van der Waals surface area contributed by atoms with E-state index in [0.29, 0.717) is 28.9 Å². The summed E-state index contributed by atoms with van der Waals surface area (Å²) in [5.41, 5.74) is 2.12. The Morgan fingerprint density at radius 3 is 2.67 bits per heavy atom. The quantitative estimate of drug-likeness (QED) is 0.300. The highest BCUT2D eigenvalue weighted by Crippen LogP contribution is 2.37. The molecule has 0 bridgehead atoms. The number of thiocarbonyl (C=S) groups is 1. The maximum atomic E-state index is 12.9. The van der Waals surface area contributed by atoms with Gasteiger partial charge in [-0.25, -0.2) is 0 Å². The molecule has 2 aliphatic rings. The minimum Gasteiger partial charge on any atom is -0.496 e. The van der Waals surface area contributed by atoms with Crippen LogP contribution in [-0.4, -0.2) is 42.3 Å².